The molecule has 182 valence electrons. The lowest BCUT2D eigenvalue weighted by Crippen LogP contribution is -2.31. The molecule has 0 bridgehead atoms. The SMILES string of the molecule is CC1=[N+](c2ccccc2)c2ccccc2/C1=C1/C(=O)C(c2c(C)n(-c3ccccc3)c3ccccc23)=C1[O-]. The van der Waals surface area contributed by atoms with Gasteiger partial charge in [-0.2, -0.15) is 4.58 Å². The lowest BCUT2D eigenvalue weighted by atomic mass is 9.78. The molecular formula is C34H24N2O2. The Morgan fingerprint density at radius 1 is 0.684 bits per heavy atom. The van der Waals surface area contributed by atoms with Crippen molar-refractivity contribution in [2.24, 2.45) is 0 Å². The molecular weight excluding hydrogens is 468 g/mol. The highest BCUT2D eigenvalue weighted by atomic mass is 16.3. The standard InChI is InChI=1S/C34H24N2O2/c1-21-29(25-17-9-11-19-27(25)35(21)23-13-5-3-6-14-23)31-33(37)32(34(31)38)30-22(2)36(24-15-7-4-8-16-24)28-20-12-10-18-26(28)30/h3-20H,1-2H3. The van der Waals surface area contributed by atoms with E-state index in [1.807, 2.05) is 123 Å². The molecule has 1 aromatic heterocycles. The van der Waals surface area contributed by atoms with Gasteiger partial charge in [0.15, 0.2) is 11.5 Å². The van der Waals surface area contributed by atoms with Gasteiger partial charge in [-0.25, -0.2) is 0 Å². The van der Waals surface area contributed by atoms with Crippen molar-refractivity contribution in [3.05, 3.63) is 137 Å². The van der Waals surface area contributed by atoms with Gasteiger partial charge in [0.05, 0.1) is 16.7 Å². The fourth-order valence-corrected chi connectivity index (χ4v) is 6.03. The maximum absolute atomic E-state index is 13.9. The lowest BCUT2D eigenvalue weighted by molar-refractivity contribution is -0.297. The molecule has 38 heavy (non-hydrogen) atoms. The molecule has 0 saturated heterocycles. The summed E-state index contributed by atoms with van der Waals surface area (Å²) in [6, 6.07) is 36.0. The molecule has 4 aromatic carbocycles. The molecule has 0 unspecified atom stereocenters. The van der Waals surface area contributed by atoms with Gasteiger partial charge in [0.2, 0.25) is 11.4 Å². The minimum absolute atomic E-state index is 0.187. The van der Waals surface area contributed by atoms with Gasteiger partial charge in [-0.05, 0) is 31.2 Å². The largest absolute Gasteiger partial charge is 0.871 e. The Kier molecular flexibility index (Phi) is 4.85. The molecule has 0 fully saturated rings. The molecule has 7 rings (SSSR count). The number of benzene rings is 4. The molecule has 2 heterocycles. The van der Waals surface area contributed by atoms with Crippen LogP contribution in [0.15, 0.2) is 121 Å². The molecule has 1 aliphatic carbocycles. The highest BCUT2D eigenvalue weighted by Gasteiger charge is 2.41. The van der Waals surface area contributed by atoms with Crippen LogP contribution in [0.4, 0.5) is 11.4 Å². The molecule has 0 spiro atoms. The number of hydrogen-bond acceptors (Lipinski definition) is 2. The van der Waals surface area contributed by atoms with E-state index in [0.717, 1.165) is 56.1 Å². The number of aromatic nitrogens is 1. The third-order valence-electron chi connectivity index (χ3n) is 7.66. The summed E-state index contributed by atoms with van der Waals surface area (Å²) in [7, 11) is 0. The van der Waals surface area contributed by atoms with E-state index in [4.69, 9.17) is 0 Å². The number of hydrogen-bond donors (Lipinski definition) is 0. The number of carbonyl (C=O) groups is 1. The van der Waals surface area contributed by atoms with E-state index in [2.05, 4.69) is 9.14 Å². The molecule has 0 radical (unpaired) electrons. The highest BCUT2D eigenvalue weighted by molar-refractivity contribution is 6.47. The van der Waals surface area contributed by atoms with Gasteiger partial charge < -0.3 is 9.67 Å². The van der Waals surface area contributed by atoms with Crippen LogP contribution < -0.4 is 9.68 Å². The van der Waals surface area contributed by atoms with E-state index in [-0.39, 0.29) is 22.7 Å². The van der Waals surface area contributed by atoms with Gasteiger partial charge in [-0.1, -0.05) is 72.5 Å². The van der Waals surface area contributed by atoms with Crippen LogP contribution in [0.25, 0.3) is 27.7 Å². The first-order valence-corrected chi connectivity index (χ1v) is 12.7. The van der Waals surface area contributed by atoms with Gasteiger partial charge in [-0.15, -0.1) is 0 Å². The second kappa shape index (κ2) is 8.29. The van der Waals surface area contributed by atoms with Crippen LogP contribution in [0.5, 0.6) is 0 Å². The number of nitrogens with zero attached hydrogens (tertiary/aromatic N) is 2. The minimum Gasteiger partial charge on any atom is -0.871 e. The Hall–Kier alpha value is -4.96. The predicted molar refractivity (Wildman–Crippen MR) is 152 cm³/mol. The summed E-state index contributed by atoms with van der Waals surface area (Å²) in [6.07, 6.45) is 0. The summed E-state index contributed by atoms with van der Waals surface area (Å²) >= 11 is 0. The number of rotatable bonds is 3. The van der Waals surface area contributed by atoms with Gasteiger partial charge >= 0.3 is 0 Å². The highest BCUT2D eigenvalue weighted by Crippen LogP contribution is 2.47. The summed E-state index contributed by atoms with van der Waals surface area (Å²) in [5, 5.41) is 14.9. The van der Waals surface area contributed by atoms with Crippen molar-refractivity contribution in [2.45, 2.75) is 13.8 Å². The second-order valence-corrected chi connectivity index (χ2v) is 9.71. The molecule has 0 atom stereocenters. The summed E-state index contributed by atoms with van der Waals surface area (Å²) in [6.45, 7) is 3.97. The molecule has 0 N–H and O–H groups in total. The van der Waals surface area contributed by atoms with E-state index < -0.39 is 0 Å². The smallest absolute Gasteiger partial charge is 0.219 e. The molecule has 0 amide bonds. The summed E-state index contributed by atoms with van der Waals surface area (Å²) in [4.78, 5) is 13.9. The maximum atomic E-state index is 13.9. The van der Waals surface area contributed by atoms with E-state index in [1.165, 1.54) is 0 Å². The minimum atomic E-state index is -0.187. The molecule has 5 aromatic rings. The number of carbonyl (C=O) groups excluding carboxylic acids is 1. The number of Topliss-reactive ketones (excluding diaryl/α,β-unsaturated/α-hetero) is 1. The molecule has 2 aliphatic rings. The topological polar surface area (TPSA) is 48.1 Å². The maximum Gasteiger partial charge on any atom is 0.219 e. The van der Waals surface area contributed by atoms with Crippen molar-refractivity contribution in [2.75, 3.05) is 0 Å². The fraction of sp³-hybridized carbons (Fsp3) is 0.0588. The summed E-state index contributed by atoms with van der Waals surface area (Å²) in [5.41, 5.74) is 8.64. The summed E-state index contributed by atoms with van der Waals surface area (Å²) < 4.78 is 4.26. The van der Waals surface area contributed by atoms with E-state index in [0.29, 0.717) is 0 Å². The van der Waals surface area contributed by atoms with Crippen LogP contribution in [-0.2, 0) is 4.79 Å². The zero-order valence-electron chi connectivity index (χ0n) is 21.1. The van der Waals surface area contributed by atoms with Crippen molar-refractivity contribution in [1.82, 2.24) is 9.14 Å². The van der Waals surface area contributed by atoms with Crippen LogP contribution in [0, 0.1) is 6.92 Å². The van der Waals surface area contributed by atoms with Crippen LogP contribution in [0.2, 0.25) is 0 Å². The van der Waals surface area contributed by atoms with Crippen LogP contribution in [0.3, 0.4) is 0 Å². The number of allylic oxidation sites excluding steroid dienone is 3. The number of fused-ring (bicyclic) bond motifs is 2. The first kappa shape index (κ1) is 22.3. The van der Waals surface area contributed by atoms with Crippen molar-refractivity contribution >= 4 is 44.9 Å². The van der Waals surface area contributed by atoms with Crippen molar-refractivity contribution in [3.63, 3.8) is 0 Å². The zero-order chi connectivity index (χ0) is 26.0. The van der Waals surface area contributed by atoms with Crippen molar-refractivity contribution in [1.29, 1.82) is 0 Å². The Labute approximate surface area is 220 Å². The molecule has 1 aliphatic heterocycles. The van der Waals surface area contributed by atoms with Gasteiger partial charge in [0.25, 0.3) is 0 Å². The predicted octanol–water partition coefficient (Wildman–Crippen LogP) is 6.36. The number of ketones is 1. The van der Waals surface area contributed by atoms with Gasteiger partial charge in [0.1, 0.15) is 0 Å². The van der Waals surface area contributed by atoms with Gasteiger partial charge in [-0.3, -0.25) is 4.79 Å². The van der Waals surface area contributed by atoms with Gasteiger partial charge in [0, 0.05) is 58.6 Å². The Morgan fingerprint density at radius 2 is 1.32 bits per heavy atom. The van der Waals surface area contributed by atoms with Crippen LogP contribution in [-0.4, -0.2) is 16.1 Å². The Morgan fingerprint density at radius 3 is 2.05 bits per heavy atom. The summed E-state index contributed by atoms with van der Waals surface area (Å²) in [5.74, 6) is -0.374. The lowest BCUT2D eigenvalue weighted by Gasteiger charge is -2.32. The van der Waals surface area contributed by atoms with E-state index in [1.54, 1.807) is 0 Å². The normalized spacial score (nSPS) is 16.8. The quantitative estimate of drug-likeness (QED) is 0.217. The van der Waals surface area contributed by atoms with Crippen molar-refractivity contribution < 1.29 is 9.90 Å². The first-order chi connectivity index (χ1) is 18.6. The Bertz CT molecular complexity index is 1890. The Balaban J connectivity index is 1.48. The molecule has 4 nitrogen and oxygen atoms in total. The number of para-hydroxylation sites is 4. The average Bonchev–Trinajstić information content (AvgIpc) is 3.40. The van der Waals surface area contributed by atoms with E-state index in [9.17, 15) is 9.90 Å². The van der Waals surface area contributed by atoms with Crippen LogP contribution in [0.1, 0.15) is 23.7 Å². The monoisotopic (exact) mass is 492 g/mol. The molecule has 0 saturated carbocycles. The average molecular weight is 493 g/mol. The third-order valence-corrected chi connectivity index (χ3v) is 7.66. The fourth-order valence-electron chi connectivity index (χ4n) is 6.03. The molecule has 4 heteroatoms. The zero-order valence-corrected chi connectivity index (χ0v) is 21.1. The van der Waals surface area contributed by atoms with Crippen molar-refractivity contribution in [3.8, 4) is 5.69 Å². The van der Waals surface area contributed by atoms with E-state index >= 15 is 0 Å². The van der Waals surface area contributed by atoms with Crippen LogP contribution >= 0.6 is 0 Å². The first-order valence-electron chi connectivity index (χ1n) is 12.7. The third kappa shape index (κ3) is 2.97. The second-order valence-electron chi connectivity index (χ2n) is 9.71.